The van der Waals surface area contributed by atoms with E-state index in [1.165, 1.54) is 11.3 Å². The van der Waals surface area contributed by atoms with Crippen LogP contribution in [0.1, 0.15) is 33.2 Å². The van der Waals surface area contributed by atoms with E-state index in [0.717, 1.165) is 17.8 Å². The number of nitrogens with zero attached hydrogens (tertiary/aromatic N) is 1. The van der Waals surface area contributed by atoms with Crippen molar-refractivity contribution in [2.75, 3.05) is 13.2 Å². The molecule has 2 heterocycles. The molecule has 0 atom stereocenters. The highest BCUT2D eigenvalue weighted by atomic mass is 32.1. The Labute approximate surface area is 104 Å². The maximum atomic E-state index is 11.9. The Balaban J connectivity index is 2.00. The van der Waals surface area contributed by atoms with Crippen molar-refractivity contribution in [2.45, 2.75) is 32.4 Å². The number of carbonyl (C=O) groups is 1. The van der Waals surface area contributed by atoms with E-state index in [4.69, 9.17) is 15.2 Å². The van der Waals surface area contributed by atoms with Crippen LogP contribution in [0.5, 0.6) is 0 Å². The largest absolute Gasteiger partial charge is 0.458 e. The first-order valence-corrected chi connectivity index (χ1v) is 6.47. The van der Waals surface area contributed by atoms with Crippen LogP contribution in [0, 0.1) is 6.92 Å². The molecule has 94 valence electrons. The van der Waals surface area contributed by atoms with Crippen LogP contribution in [0.2, 0.25) is 0 Å². The molecule has 17 heavy (non-hydrogen) atoms. The van der Waals surface area contributed by atoms with Gasteiger partial charge in [-0.3, -0.25) is 0 Å². The molecule has 0 amide bonds. The first-order chi connectivity index (χ1) is 8.20. The molecule has 1 aromatic rings. The molecule has 0 aromatic carbocycles. The number of ether oxygens (including phenoxy) is 2. The molecule has 5 nitrogen and oxygen atoms in total. The molecule has 1 aliphatic rings. The number of esters is 1. The lowest BCUT2D eigenvalue weighted by Gasteiger charge is -2.21. The van der Waals surface area contributed by atoms with E-state index in [1.807, 2.05) is 0 Å². The van der Waals surface area contributed by atoms with Gasteiger partial charge < -0.3 is 15.2 Å². The summed E-state index contributed by atoms with van der Waals surface area (Å²) in [5.41, 5.74) is 6.20. The fourth-order valence-electron chi connectivity index (χ4n) is 1.73. The van der Waals surface area contributed by atoms with Gasteiger partial charge in [0.25, 0.3) is 0 Å². The molecule has 1 saturated heterocycles. The van der Waals surface area contributed by atoms with Gasteiger partial charge >= 0.3 is 5.97 Å². The van der Waals surface area contributed by atoms with Crippen LogP contribution in [-0.4, -0.2) is 30.3 Å². The molecule has 1 aromatic heterocycles. The number of thiazole rings is 1. The first-order valence-electron chi connectivity index (χ1n) is 5.66. The summed E-state index contributed by atoms with van der Waals surface area (Å²) in [6.45, 7) is 3.48. The van der Waals surface area contributed by atoms with Gasteiger partial charge in [-0.25, -0.2) is 9.78 Å². The highest BCUT2D eigenvalue weighted by Gasteiger charge is 2.22. The summed E-state index contributed by atoms with van der Waals surface area (Å²) in [7, 11) is 0. The highest BCUT2D eigenvalue weighted by Crippen LogP contribution is 2.21. The fraction of sp³-hybridized carbons (Fsp3) is 0.636. The van der Waals surface area contributed by atoms with Gasteiger partial charge in [-0.1, -0.05) is 0 Å². The predicted octanol–water partition coefficient (Wildman–Crippen LogP) is 1.25. The lowest BCUT2D eigenvalue weighted by Crippen LogP contribution is -2.26. The molecular formula is C11H16N2O3S. The van der Waals surface area contributed by atoms with Crippen molar-refractivity contribution < 1.29 is 14.3 Å². The molecule has 1 fully saturated rings. The number of hydrogen-bond acceptors (Lipinski definition) is 6. The molecular weight excluding hydrogens is 240 g/mol. The van der Waals surface area contributed by atoms with Gasteiger partial charge in [-0.2, -0.15) is 0 Å². The Morgan fingerprint density at radius 3 is 2.88 bits per heavy atom. The topological polar surface area (TPSA) is 74.4 Å². The van der Waals surface area contributed by atoms with Gasteiger partial charge in [0.1, 0.15) is 16.0 Å². The Kier molecular flexibility index (Phi) is 4.09. The highest BCUT2D eigenvalue weighted by molar-refractivity contribution is 7.13. The van der Waals surface area contributed by atoms with E-state index in [9.17, 15) is 4.79 Å². The number of aryl methyl sites for hydroxylation is 1. The van der Waals surface area contributed by atoms with E-state index in [1.54, 1.807) is 6.92 Å². The van der Waals surface area contributed by atoms with Gasteiger partial charge in [0.2, 0.25) is 0 Å². The van der Waals surface area contributed by atoms with Crippen LogP contribution >= 0.6 is 11.3 Å². The molecule has 0 spiro atoms. The number of carbonyl (C=O) groups excluding carboxylic acids is 1. The zero-order valence-electron chi connectivity index (χ0n) is 9.77. The average Bonchev–Trinajstić information content (AvgIpc) is 2.72. The van der Waals surface area contributed by atoms with Crippen LogP contribution < -0.4 is 5.73 Å². The van der Waals surface area contributed by atoms with Crippen molar-refractivity contribution in [1.29, 1.82) is 0 Å². The van der Waals surface area contributed by atoms with E-state index >= 15 is 0 Å². The minimum Gasteiger partial charge on any atom is -0.458 e. The van der Waals surface area contributed by atoms with Crippen molar-refractivity contribution >= 4 is 17.3 Å². The predicted molar refractivity (Wildman–Crippen MR) is 64.0 cm³/mol. The van der Waals surface area contributed by atoms with Crippen molar-refractivity contribution in [2.24, 2.45) is 5.73 Å². The molecule has 0 aliphatic carbocycles. The molecule has 2 rings (SSSR count). The van der Waals surface area contributed by atoms with E-state index in [0.29, 0.717) is 30.3 Å². The van der Waals surface area contributed by atoms with Crippen LogP contribution in [0.25, 0.3) is 0 Å². The van der Waals surface area contributed by atoms with Crippen molar-refractivity contribution in [1.82, 2.24) is 4.98 Å². The summed E-state index contributed by atoms with van der Waals surface area (Å²) in [6.07, 6.45) is 1.51. The van der Waals surface area contributed by atoms with Crippen molar-refractivity contribution in [3.05, 3.63) is 15.6 Å². The van der Waals surface area contributed by atoms with Gasteiger partial charge in [-0.05, 0) is 6.92 Å². The Hall–Kier alpha value is -0.980. The number of hydrogen-bond donors (Lipinski definition) is 1. The second-order valence-corrected chi connectivity index (χ2v) is 5.03. The first kappa shape index (κ1) is 12.5. The maximum absolute atomic E-state index is 11.9. The van der Waals surface area contributed by atoms with Gasteiger partial charge in [0, 0.05) is 19.4 Å². The summed E-state index contributed by atoms with van der Waals surface area (Å²) in [6, 6.07) is 0. The van der Waals surface area contributed by atoms with Crippen LogP contribution in [0.4, 0.5) is 0 Å². The summed E-state index contributed by atoms with van der Waals surface area (Å²) in [5, 5.41) is 0.765. The monoisotopic (exact) mass is 256 g/mol. The third kappa shape index (κ3) is 3.02. The summed E-state index contributed by atoms with van der Waals surface area (Å²) in [4.78, 5) is 16.7. The summed E-state index contributed by atoms with van der Waals surface area (Å²) in [5.74, 6) is -0.286. The normalized spacial score (nSPS) is 17.1. The summed E-state index contributed by atoms with van der Waals surface area (Å²) >= 11 is 1.31. The number of nitrogens with two attached hydrogens (primary N) is 1. The Morgan fingerprint density at radius 2 is 2.29 bits per heavy atom. The molecule has 1 aliphatic heterocycles. The Bertz CT molecular complexity index is 399. The second kappa shape index (κ2) is 5.57. The SMILES string of the molecule is Cc1nc(CN)sc1C(=O)OC1CCOCC1. The van der Waals surface area contributed by atoms with E-state index in [-0.39, 0.29) is 12.1 Å². The molecule has 0 bridgehead atoms. The van der Waals surface area contributed by atoms with Crippen molar-refractivity contribution in [3.63, 3.8) is 0 Å². The average molecular weight is 256 g/mol. The zero-order valence-corrected chi connectivity index (χ0v) is 10.6. The maximum Gasteiger partial charge on any atom is 0.350 e. The molecule has 2 N–H and O–H groups in total. The van der Waals surface area contributed by atoms with Crippen LogP contribution in [0.15, 0.2) is 0 Å². The zero-order chi connectivity index (χ0) is 12.3. The van der Waals surface area contributed by atoms with Gasteiger partial charge in [-0.15, -0.1) is 11.3 Å². The smallest absolute Gasteiger partial charge is 0.350 e. The molecule has 0 radical (unpaired) electrons. The third-order valence-corrected chi connectivity index (χ3v) is 3.80. The number of aromatic nitrogens is 1. The van der Waals surface area contributed by atoms with E-state index < -0.39 is 0 Å². The van der Waals surface area contributed by atoms with Crippen LogP contribution in [0.3, 0.4) is 0 Å². The second-order valence-electron chi connectivity index (χ2n) is 3.94. The van der Waals surface area contributed by atoms with Crippen molar-refractivity contribution in [3.8, 4) is 0 Å². The molecule has 0 saturated carbocycles. The minimum atomic E-state index is -0.286. The van der Waals surface area contributed by atoms with E-state index in [2.05, 4.69) is 4.98 Å². The van der Waals surface area contributed by atoms with Gasteiger partial charge in [0.15, 0.2) is 0 Å². The van der Waals surface area contributed by atoms with Crippen LogP contribution in [-0.2, 0) is 16.0 Å². The summed E-state index contributed by atoms with van der Waals surface area (Å²) < 4.78 is 10.6. The standard InChI is InChI=1S/C11H16N2O3S/c1-7-10(17-9(6-12)13-7)11(14)16-8-2-4-15-5-3-8/h8H,2-6,12H2,1H3. The quantitative estimate of drug-likeness (QED) is 0.824. The Morgan fingerprint density at radius 1 is 1.59 bits per heavy atom. The lowest BCUT2D eigenvalue weighted by atomic mass is 10.1. The number of rotatable bonds is 3. The molecule has 6 heteroatoms. The molecule has 0 unspecified atom stereocenters. The third-order valence-electron chi connectivity index (χ3n) is 2.64. The van der Waals surface area contributed by atoms with Gasteiger partial charge in [0.05, 0.1) is 18.9 Å². The lowest BCUT2D eigenvalue weighted by molar-refractivity contribution is -0.0156. The fourth-order valence-corrected chi connectivity index (χ4v) is 2.55. The minimum absolute atomic E-state index is 0.0286.